The normalized spacial score (nSPS) is 23.4. The van der Waals surface area contributed by atoms with Crippen molar-refractivity contribution in [1.82, 2.24) is 10.6 Å². The Morgan fingerprint density at radius 2 is 2.35 bits per heavy atom. The molecule has 0 unspecified atom stereocenters. The van der Waals surface area contributed by atoms with Gasteiger partial charge in [0.1, 0.15) is 11.6 Å². The molecule has 110 valence electrons. The van der Waals surface area contributed by atoms with Gasteiger partial charge in [0.05, 0.1) is 25.3 Å². The topological polar surface area (TPSA) is 70.6 Å². The number of ether oxygens (including phenoxy) is 1. The zero-order valence-electron chi connectivity index (χ0n) is 11.5. The summed E-state index contributed by atoms with van der Waals surface area (Å²) < 4.78 is 18.5. The van der Waals surface area contributed by atoms with E-state index in [4.69, 9.17) is 4.74 Å². The molecule has 1 aliphatic rings. The SMILES string of the molecule is COc1ccc(F)cc1[C@H](C)NC(=O)[C@@H]1C[C@@H](O)CN1. The van der Waals surface area contributed by atoms with Crippen LogP contribution >= 0.6 is 0 Å². The summed E-state index contributed by atoms with van der Waals surface area (Å²) in [5.41, 5.74) is 0.583. The van der Waals surface area contributed by atoms with Gasteiger partial charge in [-0.15, -0.1) is 0 Å². The number of carbonyl (C=O) groups excluding carboxylic acids is 1. The van der Waals surface area contributed by atoms with Crippen LogP contribution in [0.25, 0.3) is 0 Å². The molecule has 3 N–H and O–H groups in total. The van der Waals surface area contributed by atoms with Crippen LogP contribution in [0.3, 0.4) is 0 Å². The molecule has 20 heavy (non-hydrogen) atoms. The first-order valence-electron chi connectivity index (χ1n) is 6.56. The lowest BCUT2D eigenvalue weighted by molar-refractivity contribution is -0.123. The van der Waals surface area contributed by atoms with Gasteiger partial charge in [-0.3, -0.25) is 4.79 Å². The van der Waals surface area contributed by atoms with Crippen molar-refractivity contribution in [2.24, 2.45) is 0 Å². The molecule has 0 spiro atoms. The van der Waals surface area contributed by atoms with E-state index in [1.165, 1.54) is 25.3 Å². The molecule has 2 rings (SSSR count). The number of hydrogen-bond acceptors (Lipinski definition) is 4. The zero-order valence-corrected chi connectivity index (χ0v) is 11.5. The number of aliphatic hydroxyl groups is 1. The predicted molar refractivity (Wildman–Crippen MR) is 71.9 cm³/mol. The molecule has 5 nitrogen and oxygen atoms in total. The monoisotopic (exact) mass is 282 g/mol. The number of halogens is 1. The average molecular weight is 282 g/mol. The second kappa shape index (κ2) is 6.19. The number of benzene rings is 1. The van der Waals surface area contributed by atoms with Crippen molar-refractivity contribution in [3.05, 3.63) is 29.6 Å². The minimum Gasteiger partial charge on any atom is -0.496 e. The predicted octanol–water partition coefficient (Wildman–Crippen LogP) is 0.734. The summed E-state index contributed by atoms with van der Waals surface area (Å²) in [5.74, 6) is -0.0599. The maximum absolute atomic E-state index is 13.3. The smallest absolute Gasteiger partial charge is 0.237 e. The first kappa shape index (κ1) is 14.7. The molecule has 1 amide bonds. The number of carbonyl (C=O) groups is 1. The number of β-amino-alcohol motifs (C(OH)–C–C–N with tert-alkyl or cyclic N) is 1. The molecule has 0 aliphatic carbocycles. The van der Waals surface area contributed by atoms with Gasteiger partial charge in [-0.05, 0) is 31.5 Å². The molecular weight excluding hydrogens is 263 g/mol. The summed E-state index contributed by atoms with van der Waals surface area (Å²) in [6.07, 6.45) is -0.108. The number of hydrogen-bond donors (Lipinski definition) is 3. The Kier molecular flexibility index (Phi) is 4.57. The second-order valence-electron chi connectivity index (χ2n) is 4.97. The van der Waals surface area contributed by atoms with Crippen LogP contribution in [-0.4, -0.2) is 36.8 Å². The summed E-state index contributed by atoms with van der Waals surface area (Å²) in [6, 6.07) is 3.40. The molecule has 1 aromatic rings. The Morgan fingerprint density at radius 3 is 2.95 bits per heavy atom. The summed E-state index contributed by atoms with van der Waals surface area (Å²) in [7, 11) is 1.50. The van der Waals surface area contributed by atoms with Gasteiger partial charge < -0.3 is 20.5 Å². The average Bonchev–Trinajstić information content (AvgIpc) is 2.85. The molecule has 6 heteroatoms. The third kappa shape index (κ3) is 3.26. The molecule has 1 fully saturated rings. The minimum atomic E-state index is -0.496. The molecule has 0 radical (unpaired) electrons. The Morgan fingerprint density at radius 1 is 1.60 bits per heavy atom. The molecule has 1 aromatic carbocycles. The van der Waals surface area contributed by atoms with Crippen molar-refractivity contribution in [3.63, 3.8) is 0 Å². The summed E-state index contributed by atoms with van der Waals surface area (Å²) in [4.78, 5) is 12.0. The first-order chi connectivity index (χ1) is 9.51. The van der Waals surface area contributed by atoms with E-state index in [1.54, 1.807) is 6.92 Å². The van der Waals surface area contributed by atoms with Crippen LogP contribution in [0.2, 0.25) is 0 Å². The Bertz CT molecular complexity index is 495. The van der Waals surface area contributed by atoms with Crippen molar-refractivity contribution in [2.75, 3.05) is 13.7 Å². The van der Waals surface area contributed by atoms with Crippen molar-refractivity contribution < 1.29 is 19.0 Å². The fourth-order valence-corrected chi connectivity index (χ4v) is 2.35. The third-order valence-corrected chi connectivity index (χ3v) is 3.44. The Balaban J connectivity index is 2.06. The molecule has 1 saturated heterocycles. The van der Waals surface area contributed by atoms with Gasteiger partial charge in [0.2, 0.25) is 5.91 Å². The Hall–Kier alpha value is -1.66. The van der Waals surface area contributed by atoms with Gasteiger partial charge >= 0.3 is 0 Å². The van der Waals surface area contributed by atoms with Crippen molar-refractivity contribution in [2.45, 2.75) is 31.5 Å². The van der Waals surface area contributed by atoms with E-state index in [9.17, 15) is 14.3 Å². The highest BCUT2D eigenvalue weighted by Crippen LogP contribution is 2.26. The third-order valence-electron chi connectivity index (χ3n) is 3.44. The van der Waals surface area contributed by atoms with Gasteiger partial charge in [-0.1, -0.05) is 0 Å². The standard InChI is InChI=1S/C14H19FN2O3/c1-8(11-5-9(15)3-4-13(11)20-2)17-14(19)12-6-10(18)7-16-12/h3-5,8,10,12,16,18H,6-7H2,1-2H3,(H,17,19)/t8-,10+,12-/m0/s1. The van der Waals surface area contributed by atoms with E-state index in [0.717, 1.165) is 0 Å². The van der Waals surface area contributed by atoms with Gasteiger partial charge in [0, 0.05) is 12.1 Å². The molecule has 0 bridgehead atoms. The van der Waals surface area contributed by atoms with Crippen LogP contribution in [0.1, 0.15) is 24.9 Å². The highest BCUT2D eigenvalue weighted by Gasteiger charge is 2.29. The zero-order chi connectivity index (χ0) is 14.7. The summed E-state index contributed by atoms with van der Waals surface area (Å²) >= 11 is 0. The molecule has 3 atom stereocenters. The van der Waals surface area contributed by atoms with Gasteiger partial charge in [-0.25, -0.2) is 4.39 Å². The van der Waals surface area contributed by atoms with Crippen molar-refractivity contribution >= 4 is 5.91 Å². The molecule has 1 heterocycles. The number of amides is 1. The molecule has 0 saturated carbocycles. The van der Waals surface area contributed by atoms with Crippen LogP contribution in [0, 0.1) is 5.82 Å². The van der Waals surface area contributed by atoms with E-state index in [1.807, 2.05) is 0 Å². The van der Waals surface area contributed by atoms with E-state index in [-0.39, 0.29) is 17.8 Å². The molecule has 0 aromatic heterocycles. The van der Waals surface area contributed by atoms with Gasteiger partial charge in [0.25, 0.3) is 0 Å². The van der Waals surface area contributed by atoms with E-state index >= 15 is 0 Å². The molecule has 1 aliphatic heterocycles. The minimum absolute atomic E-state index is 0.208. The lowest BCUT2D eigenvalue weighted by Gasteiger charge is -2.19. The second-order valence-corrected chi connectivity index (χ2v) is 4.97. The number of methoxy groups -OCH3 is 1. The fourth-order valence-electron chi connectivity index (χ4n) is 2.35. The highest BCUT2D eigenvalue weighted by molar-refractivity contribution is 5.82. The summed E-state index contributed by atoms with van der Waals surface area (Å²) in [5, 5.41) is 15.1. The lowest BCUT2D eigenvalue weighted by atomic mass is 10.1. The lowest BCUT2D eigenvalue weighted by Crippen LogP contribution is -2.41. The maximum atomic E-state index is 13.3. The number of aliphatic hydroxyl groups excluding tert-OH is 1. The van der Waals surface area contributed by atoms with Crippen LogP contribution in [0.5, 0.6) is 5.75 Å². The largest absolute Gasteiger partial charge is 0.496 e. The van der Waals surface area contributed by atoms with Gasteiger partial charge in [-0.2, -0.15) is 0 Å². The molecular formula is C14H19FN2O3. The van der Waals surface area contributed by atoms with Crippen LogP contribution in [0.15, 0.2) is 18.2 Å². The quantitative estimate of drug-likeness (QED) is 0.761. The number of rotatable bonds is 4. The van der Waals surface area contributed by atoms with Gasteiger partial charge in [0.15, 0.2) is 0 Å². The van der Waals surface area contributed by atoms with Crippen LogP contribution < -0.4 is 15.4 Å². The van der Waals surface area contributed by atoms with E-state index in [2.05, 4.69) is 10.6 Å². The summed E-state index contributed by atoms with van der Waals surface area (Å²) in [6.45, 7) is 2.18. The maximum Gasteiger partial charge on any atom is 0.237 e. The first-order valence-corrected chi connectivity index (χ1v) is 6.56. The Labute approximate surface area is 117 Å². The number of nitrogens with one attached hydrogen (secondary N) is 2. The van der Waals surface area contributed by atoms with Crippen molar-refractivity contribution in [3.8, 4) is 5.75 Å². The van der Waals surface area contributed by atoms with Crippen LogP contribution in [-0.2, 0) is 4.79 Å². The van der Waals surface area contributed by atoms with Crippen molar-refractivity contribution in [1.29, 1.82) is 0 Å². The van der Waals surface area contributed by atoms with E-state index < -0.39 is 12.1 Å². The fraction of sp³-hybridized carbons (Fsp3) is 0.500. The van der Waals surface area contributed by atoms with Crippen LogP contribution in [0.4, 0.5) is 4.39 Å². The highest BCUT2D eigenvalue weighted by atomic mass is 19.1. The van der Waals surface area contributed by atoms with E-state index in [0.29, 0.717) is 24.3 Å².